The summed E-state index contributed by atoms with van der Waals surface area (Å²) in [7, 11) is 0. The van der Waals surface area contributed by atoms with Gasteiger partial charge in [0.25, 0.3) is 5.91 Å². The molecule has 0 heterocycles. The average Bonchev–Trinajstić information content (AvgIpc) is 2.46. The van der Waals surface area contributed by atoms with Crippen molar-refractivity contribution in [1.82, 2.24) is 0 Å². The highest BCUT2D eigenvalue weighted by Gasteiger charge is 2.15. The molecule has 2 aromatic rings. The van der Waals surface area contributed by atoms with Crippen LogP contribution in [-0.4, -0.2) is 5.91 Å². The van der Waals surface area contributed by atoms with Gasteiger partial charge in [-0.05, 0) is 36.2 Å². The number of benzene rings is 2. The molecule has 0 aliphatic rings. The Morgan fingerprint density at radius 1 is 1.05 bits per heavy atom. The molecule has 1 N–H and O–H groups in total. The summed E-state index contributed by atoms with van der Waals surface area (Å²) in [6, 6.07) is 8.48. The van der Waals surface area contributed by atoms with Crippen LogP contribution in [0.25, 0.3) is 0 Å². The van der Waals surface area contributed by atoms with E-state index in [0.717, 1.165) is 18.4 Å². The van der Waals surface area contributed by atoms with E-state index in [0.29, 0.717) is 17.8 Å². The van der Waals surface area contributed by atoms with Crippen molar-refractivity contribution in [2.45, 2.75) is 19.8 Å². The Morgan fingerprint density at radius 2 is 1.62 bits per heavy atom. The quantitative estimate of drug-likeness (QED) is 0.836. The van der Waals surface area contributed by atoms with Gasteiger partial charge in [-0.15, -0.1) is 0 Å². The monoisotopic (exact) mass is 293 g/mol. The summed E-state index contributed by atoms with van der Waals surface area (Å²) in [5.41, 5.74) is 1.36. The molecular formula is C16H14F3NO. The number of amides is 1. The molecule has 5 heteroatoms. The normalized spacial score (nSPS) is 10.5. The zero-order valence-corrected chi connectivity index (χ0v) is 11.4. The maximum absolute atomic E-state index is 13.1. The summed E-state index contributed by atoms with van der Waals surface area (Å²) in [5.74, 6) is -5.07. The summed E-state index contributed by atoms with van der Waals surface area (Å²) >= 11 is 0. The minimum Gasteiger partial charge on any atom is -0.322 e. The number of anilines is 1. The lowest BCUT2D eigenvalue weighted by molar-refractivity contribution is 0.102. The first-order chi connectivity index (χ1) is 10.0. The Bertz CT molecular complexity index is 630. The summed E-state index contributed by atoms with van der Waals surface area (Å²) in [6.07, 6.45) is 1.95. The van der Waals surface area contributed by atoms with Gasteiger partial charge in [0.1, 0.15) is 0 Å². The lowest BCUT2D eigenvalue weighted by Gasteiger charge is -2.07. The first-order valence-electron chi connectivity index (χ1n) is 6.56. The number of nitrogens with one attached hydrogen (secondary N) is 1. The van der Waals surface area contributed by atoms with Crippen molar-refractivity contribution < 1.29 is 18.0 Å². The zero-order chi connectivity index (χ0) is 15.4. The van der Waals surface area contributed by atoms with Crippen LogP contribution in [0.5, 0.6) is 0 Å². The van der Waals surface area contributed by atoms with Crippen LogP contribution in [-0.2, 0) is 6.42 Å². The SMILES string of the molecule is CCCc1ccc(NC(=O)c2cc(F)c(F)c(F)c2)cc1. The molecule has 1 amide bonds. The largest absolute Gasteiger partial charge is 0.322 e. The molecule has 2 nitrogen and oxygen atoms in total. The van der Waals surface area contributed by atoms with Gasteiger partial charge in [0, 0.05) is 11.3 Å². The van der Waals surface area contributed by atoms with E-state index in [2.05, 4.69) is 12.2 Å². The van der Waals surface area contributed by atoms with Crippen molar-refractivity contribution in [3.63, 3.8) is 0 Å². The molecule has 0 saturated carbocycles. The zero-order valence-electron chi connectivity index (χ0n) is 11.4. The summed E-state index contributed by atoms with van der Waals surface area (Å²) in [5, 5.41) is 2.51. The van der Waals surface area contributed by atoms with Gasteiger partial charge in [-0.25, -0.2) is 13.2 Å². The fourth-order valence-electron chi connectivity index (χ4n) is 1.93. The van der Waals surface area contributed by atoms with Crippen LogP contribution in [0.2, 0.25) is 0 Å². The minimum absolute atomic E-state index is 0.274. The standard InChI is InChI=1S/C16H14F3NO/c1-2-3-10-4-6-12(7-5-10)20-16(21)11-8-13(17)15(19)14(18)9-11/h4-9H,2-3H2,1H3,(H,20,21). The van der Waals surface area contributed by atoms with Crippen LogP contribution >= 0.6 is 0 Å². The Hall–Kier alpha value is -2.30. The average molecular weight is 293 g/mol. The van der Waals surface area contributed by atoms with Crippen molar-refractivity contribution in [2.24, 2.45) is 0 Å². The van der Waals surface area contributed by atoms with E-state index in [1.807, 2.05) is 12.1 Å². The second-order valence-electron chi connectivity index (χ2n) is 4.65. The maximum Gasteiger partial charge on any atom is 0.255 e. The summed E-state index contributed by atoms with van der Waals surface area (Å²) in [4.78, 5) is 11.9. The van der Waals surface area contributed by atoms with Crippen LogP contribution in [0.15, 0.2) is 36.4 Å². The fraction of sp³-hybridized carbons (Fsp3) is 0.188. The number of rotatable bonds is 4. The highest BCUT2D eigenvalue weighted by Crippen LogP contribution is 2.16. The molecule has 0 aliphatic carbocycles. The van der Waals surface area contributed by atoms with Gasteiger partial charge >= 0.3 is 0 Å². The van der Waals surface area contributed by atoms with E-state index >= 15 is 0 Å². The van der Waals surface area contributed by atoms with Crippen LogP contribution in [0, 0.1) is 17.5 Å². The lowest BCUT2D eigenvalue weighted by Crippen LogP contribution is -2.13. The molecule has 0 aromatic heterocycles. The molecule has 2 aromatic carbocycles. The molecule has 2 rings (SSSR count). The topological polar surface area (TPSA) is 29.1 Å². The van der Waals surface area contributed by atoms with Crippen LogP contribution in [0.1, 0.15) is 29.3 Å². The highest BCUT2D eigenvalue weighted by atomic mass is 19.2. The minimum atomic E-state index is -1.59. The predicted octanol–water partition coefficient (Wildman–Crippen LogP) is 4.31. The molecular weight excluding hydrogens is 279 g/mol. The molecule has 0 bridgehead atoms. The first-order valence-corrected chi connectivity index (χ1v) is 6.56. The molecule has 0 aliphatic heterocycles. The second kappa shape index (κ2) is 6.43. The third-order valence-corrected chi connectivity index (χ3v) is 3.00. The van der Waals surface area contributed by atoms with Crippen molar-refractivity contribution in [3.05, 3.63) is 65.0 Å². The van der Waals surface area contributed by atoms with E-state index in [1.54, 1.807) is 12.1 Å². The van der Waals surface area contributed by atoms with Crippen molar-refractivity contribution >= 4 is 11.6 Å². The summed E-state index contributed by atoms with van der Waals surface area (Å²) in [6.45, 7) is 2.06. The maximum atomic E-state index is 13.1. The van der Waals surface area contributed by atoms with Crippen molar-refractivity contribution in [3.8, 4) is 0 Å². The number of hydrogen-bond donors (Lipinski definition) is 1. The van der Waals surface area contributed by atoms with E-state index in [4.69, 9.17) is 0 Å². The number of aryl methyl sites for hydroxylation is 1. The van der Waals surface area contributed by atoms with Gasteiger partial charge in [0.15, 0.2) is 17.5 Å². The molecule has 0 unspecified atom stereocenters. The van der Waals surface area contributed by atoms with Crippen LogP contribution < -0.4 is 5.32 Å². The Kier molecular flexibility index (Phi) is 4.62. The third-order valence-electron chi connectivity index (χ3n) is 3.00. The van der Waals surface area contributed by atoms with Crippen LogP contribution in [0.4, 0.5) is 18.9 Å². The molecule has 110 valence electrons. The van der Waals surface area contributed by atoms with Gasteiger partial charge in [0.05, 0.1) is 0 Å². The van der Waals surface area contributed by atoms with Crippen molar-refractivity contribution in [2.75, 3.05) is 5.32 Å². The van der Waals surface area contributed by atoms with Gasteiger partial charge in [-0.2, -0.15) is 0 Å². The van der Waals surface area contributed by atoms with E-state index in [-0.39, 0.29) is 5.56 Å². The Morgan fingerprint density at radius 3 is 2.14 bits per heavy atom. The number of carbonyl (C=O) groups is 1. The second-order valence-corrected chi connectivity index (χ2v) is 4.65. The summed E-state index contributed by atoms with van der Waals surface area (Å²) < 4.78 is 39.0. The Labute approximate surface area is 120 Å². The van der Waals surface area contributed by atoms with E-state index in [1.165, 1.54) is 0 Å². The van der Waals surface area contributed by atoms with Gasteiger partial charge < -0.3 is 5.32 Å². The van der Waals surface area contributed by atoms with Crippen LogP contribution in [0.3, 0.4) is 0 Å². The smallest absolute Gasteiger partial charge is 0.255 e. The highest BCUT2D eigenvalue weighted by molar-refractivity contribution is 6.04. The van der Waals surface area contributed by atoms with E-state index in [9.17, 15) is 18.0 Å². The first kappa shape index (κ1) is 15.1. The van der Waals surface area contributed by atoms with Gasteiger partial charge in [-0.3, -0.25) is 4.79 Å². The molecule has 0 spiro atoms. The number of halogens is 3. The molecule has 0 saturated heterocycles. The third kappa shape index (κ3) is 3.62. The molecule has 0 fully saturated rings. The predicted molar refractivity (Wildman–Crippen MR) is 74.7 cm³/mol. The number of carbonyl (C=O) groups excluding carboxylic acids is 1. The molecule has 0 atom stereocenters. The fourth-order valence-corrected chi connectivity index (χ4v) is 1.93. The Balaban J connectivity index is 2.14. The molecule has 21 heavy (non-hydrogen) atoms. The van der Waals surface area contributed by atoms with Gasteiger partial charge in [-0.1, -0.05) is 25.5 Å². The van der Waals surface area contributed by atoms with Crippen molar-refractivity contribution in [1.29, 1.82) is 0 Å². The van der Waals surface area contributed by atoms with E-state index < -0.39 is 23.4 Å². The molecule has 0 radical (unpaired) electrons. The van der Waals surface area contributed by atoms with Gasteiger partial charge in [0.2, 0.25) is 0 Å². The lowest BCUT2D eigenvalue weighted by atomic mass is 10.1. The number of hydrogen-bond acceptors (Lipinski definition) is 1.